The number of hydrogen-bond donors (Lipinski definition) is 1. The molecule has 0 radical (unpaired) electrons. The zero-order valence-electron chi connectivity index (χ0n) is 16.1. The summed E-state index contributed by atoms with van der Waals surface area (Å²) in [5, 5.41) is 9.11. The van der Waals surface area contributed by atoms with Crippen LogP contribution in [0.1, 0.15) is 97.3 Å². The number of aliphatic carboxylic acids is 1. The molecule has 2 aliphatic carbocycles. The third-order valence-electron chi connectivity index (χ3n) is 6.16. The van der Waals surface area contributed by atoms with Gasteiger partial charge in [-0.3, -0.25) is 9.59 Å². The van der Waals surface area contributed by atoms with Crippen molar-refractivity contribution >= 4 is 11.9 Å². The Hall–Kier alpha value is -1.06. The summed E-state index contributed by atoms with van der Waals surface area (Å²) in [5.74, 6) is -0.418. The van der Waals surface area contributed by atoms with Gasteiger partial charge in [0.05, 0.1) is 11.8 Å². The molecule has 0 saturated heterocycles. The molecule has 2 rings (SSSR count). The maximum atomic E-state index is 12.7. The van der Waals surface area contributed by atoms with Crippen molar-refractivity contribution in [1.29, 1.82) is 0 Å². The molecular weight excluding hydrogens is 316 g/mol. The monoisotopic (exact) mass is 352 g/mol. The van der Waals surface area contributed by atoms with E-state index in [9.17, 15) is 9.59 Å². The van der Waals surface area contributed by atoms with Crippen LogP contribution in [-0.4, -0.2) is 22.6 Å². The van der Waals surface area contributed by atoms with Gasteiger partial charge in [-0.1, -0.05) is 33.1 Å². The Bertz CT molecular complexity index is 429. The maximum absolute atomic E-state index is 12.7. The van der Waals surface area contributed by atoms with E-state index >= 15 is 0 Å². The van der Waals surface area contributed by atoms with Gasteiger partial charge in [0.2, 0.25) is 0 Å². The van der Waals surface area contributed by atoms with Crippen LogP contribution in [0, 0.1) is 17.8 Å². The van der Waals surface area contributed by atoms with E-state index in [2.05, 4.69) is 13.8 Å². The predicted molar refractivity (Wildman–Crippen MR) is 98.3 cm³/mol. The molecule has 0 spiro atoms. The molecule has 0 aromatic heterocycles. The van der Waals surface area contributed by atoms with Crippen molar-refractivity contribution in [1.82, 2.24) is 0 Å². The smallest absolute Gasteiger partial charge is 0.309 e. The van der Waals surface area contributed by atoms with E-state index in [-0.39, 0.29) is 23.4 Å². The Balaban J connectivity index is 1.86. The standard InChI is InChI=1S/C21H36O4/c1-16(2)8-4-7-15-21(13-5-3-6-14-21)25-20(24)18-11-9-17(10-12-18)19(22)23/h16-18H,3-15H2,1-2H3,(H,22,23). The van der Waals surface area contributed by atoms with Crippen LogP contribution in [0.4, 0.5) is 0 Å². The summed E-state index contributed by atoms with van der Waals surface area (Å²) in [6.07, 6.45) is 12.7. The van der Waals surface area contributed by atoms with Crippen LogP contribution in [0.5, 0.6) is 0 Å². The molecule has 4 heteroatoms. The molecule has 0 bridgehead atoms. The average molecular weight is 353 g/mol. The third-order valence-corrected chi connectivity index (χ3v) is 6.16. The van der Waals surface area contributed by atoms with Gasteiger partial charge in [0.15, 0.2) is 0 Å². The van der Waals surface area contributed by atoms with E-state index in [4.69, 9.17) is 9.84 Å². The van der Waals surface area contributed by atoms with Crippen LogP contribution >= 0.6 is 0 Å². The molecule has 144 valence electrons. The number of esters is 1. The van der Waals surface area contributed by atoms with Crippen molar-refractivity contribution in [3.63, 3.8) is 0 Å². The van der Waals surface area contributed by atoms with E-state index < -0.39 is 5.97 Å². The first-order valence-electron chi connectivity index (χ1n) is 10.4. The van der Waals surface area contributed by atoms with Crippen molar-refractivity contribution < 1.29 is 19.4 Å². The van der Waals surface area contributed by atoms with Gasteiger partial charge >= 0.3 is 11.9 Å². The Morgan fingerprint density at radius 1 is 1.00 bits per heavy atom. The van der Waals surface area contributed by atoms with Crippen LogP contribution in [0.25, 0.3) is 0 Å². The predicted octanol–water partition coefficient (Wildman–Crippen LogP) is 5.34. The largest absolute Gasteiger partial charge is 0.481 e. The van der Waals surface area contributed by atoms with E-state index in [1.165, 1.54) is 19.3 Å². The lowest BCUT2D eigenvalue weighted by atomic mass is 9.79. The molecule has 0 unspecified atom stereocenters. The Kier molecular flexibility index (Phi) is 7.77. The zero-order chi connectivity index (χ0) is 18.3. The van der Waals surface area contributed by atoms with Crippen LogP contribution < -0.4 is 0 Å². The second kappa shape index (κ2) is 9.59. The number of ether oxygens (including phenoxy) is 1. The first-order valence-corrected chi connectivity index (χ1v) is 10.4. The van der Waals surface area contributed by atoms with E-state index in [1.807, 2.05) is 0 Å². The van der Waals surface area contributed by atoms with Gasteiger partial charge < -0.3 is 9.84 Å². The Morgan fingerprint density at radius 3 is 2.16 bits per heavy atom. The van der Waals surface area contributed by atoms with E-state index in [1.54, 1.807) is 0 Å². The lowest BCUT2D eigenvalue weighted by Gasteiger charge is -2.38. The van der Waals surface area contributed by atoms with Crippen molar-refractivity contribution in [3.8, 4) is 0 Å². The summed E-state index contributed by atoms with van der Waals surface area (Å²) in [4.78, 5) is 23.8. The Morgan fingerprint density at radius 2 is 1.60 bits per heavy atom. The fourth-order valence-corrected chi connectivity index (χ4v) is 4.47. The Labute approximate surface area is 152 Å². The molecule has 2 fully saturated rings. The number of unbranched alkanes of at least 4 members (excludes halogenated alkanes) is 1. The topological polar surface area (TPSA) is 63.6 Å². The average Bonchev–Trinajstić information content (AvgIpc) is 2.59. The summed E-state index contributed by atoms with van der Waals surface area (Å²) in [6.45, 7) is 4.51. The van der Waals surface area contributed by atoms with Crippen molar-refractivity contribution in [3.05, 3.63) is 0 Å². The summed E-state index contributed by atoms with van der Waals surface area (Å²) < 4.78 is 6.13. The fourth-order valence-electron chi connectivity index (χ4n) is 4.47. The van der Waals surface area contributed by atoms with Gasteiger partial charge in [-0.25, -0.2) is 0 Å². The number of carbonyl (C=O) groups excluding carboxylic acids is 1. The first-order chi connectivity index (χ1) is 11.9. The van der Waals surface area contributed by atoms with Crippen LogP contribution in [0.3, 0.4) is 0 Å². The second-order valence-corrected chi connectivity index (χ2v) is 8.69. The minimum absolute atomic E-state index is 0.0606. The highest BCUT2D eigenvalue weighted by Gasteiger charge is 2.38. The highest BCUT2D eigenvalue weighted by atomic mass is 16.6. The summed E-state index contributed by atoms with van der Waals surface area (Å²) in [6, 6.07) is 0. The lowest BCUT2D eigenvalue weighted by Crippen LogP contribution is -2.40. The van der Waals surface area contributed by atoms with E-state index in [0.29, 0.717) is 25.7 Å². The number of carboxylic acids is 1. The van der Waals surface area contributed by atoms with Crippen molar-refractivity contribution in [2.24, 2.45) is 17.8 Å². The second-order valence-electron chi connectivity index (χ2n) is 8.69. The van der Waals surface area contributed by atoms with Crippen LogP contribution in [0.2, 0.25) is 0 Å². The molecule has 1 N–H and O–H groups in total. The number of carbonyl (C=O) groups is 2. The molecule has 4 nitrogen and oxygen atoms in total. The van der Waals surface area contributed by atoms with Crippen molar-refractivity contribution in [2.45, 2.75) is 103 Å². The molecule has 0 amide bonds. The minimum atomic E-state index is -0.722. The maximum Gasteiger partial charge on any atom is 0.309 e. The molecular formula is C21H36O4. The zero-order valence-corrected chi connectivity index (χ0v) is 16.1. The SMILES string of the molecule is CC(C)CCCCC1(OC(=O)C2CCC(C(=O)O)CC2)CCCCC1. The van der Waals surface area contributed by atoms with Crippen molar-refractivity contribution in [2.75, 3.05) is 0 Å². The van der Waals surface area contributed by atoms with Gasteiger partial charge in [0.25, 0.3) is 0 Å². The molecule has 2 saturated carbocycles. The number of hydrogen-bond acceptors (Lipinski definition) is 3. The molecule has 0 heterocycles. The van der Waals surface area contributed by atoms with Crippen LogP contribution in [-0.2, 0) is 14.3 Å². The minimum Gasteiger partial charge on any atom is -0.481 e. The first kappa shape index (κ1) is 20.3. The van der Waals surface area contributed by atoms with Gasteiger partial charge in [0.1, 0.15) is 5.60 Å². The van der Waals surface area contributed by atoms with E-state index in [0.717, 1.165) is 44.4 Å². The molecule has 2 aliphatic rings. The molecule has 0 aliphatic heterocycles. The van der Waals surface area contributed by atoms with Gasteiger partial charge in [-0.15, -0.1) is 0 Å². The van der Waals surface area contributed by atoms with Gasteiger partial charge in [0, 0.05) is 0 Å². The normalized spacial score (nSPS) is 26.4. The van der Waals surface area contributed by atoms with Gasteiger partial charge in [-0.05, 0) is 70.1 Å². The van der Waals surface area contributed by atoms with Gasteiger partial charge in [-0.2, -0.15) is 0 Å². The quantitative estimate of drug-likeness (QED) is 0.473. The van der Waals surface area contributed by atoms with Crippen LogP contribution in [0.15, 0.2) is 0 Å². The molecule has 0 aromatic carbocycles. The summed E-state index contributed by atoms with van der Waals surface area (Å²) in [7, 11) is 0. The molecule has 0 aromatic rings. The number of rotatable bonds is 8. The summed E-state index contributed by atoms with van der Waals surface area (Å²) in [5.41, 5.74) is -0.240. The highest BCUT2D eigenvalue weighted by molar-refractivity contribution is 5.74. The molecule has 25 heavy (non-hydrogen) atoms. The summed E-state index contributed by atoms with van der Waals surface area (Å²) >= 11 is 0. The lowest BCUT2D eigenvalue weighted by molar-refractivity contribution is -0.172. The fraction of sp³-hybridized carbons (Fsp3) is 0.905. The highest BCUT2D eigenvalue weighted by Crippen LogP contribution is 2.38. The molecule has 0 atom stereocenters. The third kappa shape index (κ3) is 6.31. The number of carboxylic acid groups (broad SMARTS) is 1.